The highest BCUT2D eigenvalue weighted by Gasteiger charge is 2.34. The molecule has 0 aliphatic heterocycles. The lowest BCUT2D eigenvalue weighted by Crippen LogP contribution is -2.30. The highest BCUT2D eigenvalue weighted by atomic mass is 16.6. The number of hydrogen-bond donors (Lipinski definition) is 0. The van der Waals surface area contributed by atoms with E-state index >= 15 is 0 Å². The van der Waals surface area contributed by atoms with Gasteiger partial charge in [0, 0.05) is 17.3 Å². The van der Waals surface area contributed by atoms with E-state index in [0.29, 0.717) is 18.8 Å². The highest BCUT2D eigenvalue weighted by molar-refractivity contribution is 5.82. The smallest absolute Gasteiger partial charge is 0.211 e. The first kappa shape index (κ1) is 18.1. The molecule has 0 saturated heterocycles. The number of benzene rings is 2. The fourth-order valence-electron chi connectivity index (χ4n) is 3.61. The first-order valence-electron chi connectivity index (χ1n) is 9.04. The Kier molecular flexibility index (Phi) is 6.00. The van der Waals surface area contributed by atoms with Crippen LogP contribution in [0.3, 0.4) is 0 Å². The van der Waals surface area contributed by atoms with Crippen molar-refractivity contribution in [2.75, 3.05) is 6.54 Å². The minimum Gasteiger partial charge on any atom is -0.489 e. The van der Waals surface area contributed by atoms with Gasteiger partial charge in [-0.15, -0.1) is 0 Å². The van der Waals surface area contributed by atoms with Gasteiger partial charge < -0.3 is 4.74 Å². The van der Waals surface area contributed by atoms with Gasteiger partial charge in [0.25, 0.3) is 0 Å². The van der Waals surface area contributed by atoms with Crippen LogP contribution in [-0.2, 0) is 11.4 Å². The second kappa shape index (κ2) is 8.61. The summed E-state index contributed by atoms with van der Waals surface area (Å²) in [6.45, 7) is 0.264. The van der Waals surface area contributed by atoms with E-state index in [1.54, 1.807) is 0 Å². The van der Waals surface area contributed by atoms with Crippen molar-refractivity contribution in [2.24, 2.45) is 5.92 Å². The molecule has 3 rings (SSSR count). The largest absolute Gasteiger partial charge is 0.489 e. The van der Waals surface area contributed by atoms with Crippen LogP contribution in [0, 0.1) is 16.0 Å². The maximum Gasteiger partial charge on any atom is 0.211 e. The quantitative estimate of drug-likeness (QED) is 0.547. The van der Waals surface area contributed by atoms with E-state index in [1.165, 1.54) is 0 Å². The molecule has 0 N–H and O–H groups in total. The van der Waals surface area contributed by atoms with Gasteiger partial charge in [0.15, 0.2) is 0 Å². The van der Waals surface area contributed by atoms with Crippen LogP contribution in [0.4, 0.5) is 0 Å². The molecule has 1 fully saturated rings. The molecule has 0 amide bonds. The zero-order chi connectivity index (χ0) is 18.4. The molecule has 0 heterocycles. The third kappa shape index (κ3) is 4.69. The summed E-state index contributed by atoms with van der Waals surface area (Å²) >= 11 is 0. The predicted octanol–water partition coefficient (Wildman–Crippen LogP) is 4.39. The zero-order valence-corrected chi connectivity index (χ0v) is 14.7. The molecule has 1 saturated carbocycles. The topological polar surface area (TPSA) is 69.4 Å². The summed E-state index contributed by atoms with van der Waals surface area (Å²) in [4.78, 5) is 23.1. The maximum absolute atomic E-state index is 12.3. The average Bonchev–Trinajstić information content (AvgIpc) is 2.66. The molecule has 0 radical (unpaired) electrons. The van der Waals surface area contributed by atoms with Crippen molar-refractivity contribution in [3.05, 3.63) is 75.8 Å². The summed E-state index contributed by atoms with van der Waals surface area (Å²) in [5.74, 6) is 0.270. The maximum atomic E-state index is 12.3. The van der Waals surface area contributed by atoms with Gasteiger partial charge in [0.1, 0.15) is 18.1 Å². The number of rotatable bonds is 7. The third-order valence-electron chi connectivity index (χ3n) is 4.99. The normalized spacial score (nSPS) is 18.3. The van der Waals surface area contributed by atoms with Crippen molar-refractivity contribution in [3.63, 3.8) is 0 Å². The molecule has 26 heavy (non-hydrogen) atoms. The van der Waals surface area contributed by atoms with Crippen LogP contribution in [-0.4, -0.2) is 17.3 Å². The van der Waals surface area contributed by atoms with Crippen molar-refractivity contribution in [3.8, 4) is 5.75 Å². The lowest BCUT2D eigenvalue weighted by Gasteiger charge is -2.27. The van der Waals surface area contributed by atoms with E-state index in [2.05, 4.69) is 0 Å². The minimum absolute atomic E-state index is 0.160. The molecular formula is C21H23NO4. The summed E-state index contributed by atoms with van der Waals surface area (Å²) in [6.07, 6.45) is 3.14. The number of Topliss-reactive ketones (excluding diaryl/α,β-unsaturated/α-hetero) is 1. The van der Waals surface area contributed by atoms with Crippen LogP contribution >= 0.6 is 0 Å². The number of ether oxygens (including phenoxy) is 1. The van der Waals surface area contributed by atoms with Crippen LogP contribution in [0.25, 0.3) is 0 Å². The summed E-state index contributed by atoms with van der Waals surface area (Å²) < 4.78 is 5.77. The van der Waals surface area contributed by atoms with Gasteiger partial charge in [0.2, 0.25) is 6.54 Å². The van der Waals surface area contributed by atoms with E-state index in [-0.39, 0.29) is 29.1 Å². The van der Waals surface area contributed by atoms with Gasteiger partial charge in [-0.25, -0.2) is 0 Å². The molecule has 1 unspecified atom stereocenters. The number of nitrogens with zero attached hydrogens (tertiary/aromatic N) is 1. The van der Waals surface area contributed by atoms with Crippen LogP contribution < -0.4 is 4.74 Å². The third-order valence-corrected chi connectivity index (χ3v) is 4.99. The molecule has 0 bridgehead atoms. The van der Waals surface area contributed by atoms with Crippen molar-refractivity contribution >= 4 is 5.78 Å². The van der Waals surface area contributed by atoms with E-state index < -0.39 is 0 Å². The molecule has 5 nitrogen and oxygen atoms in total. The molecule has 1 aliphatic rings. The van der Waals surface area contributed by atoms with E-state index in [4.69, 9.17) is 4.74 Å². The predicted molar refractivity (Wildman–Crippen MR) is 98.8 cm³/mol. The van der Waals surface area contributed by atoms with Crippen molar-refractivity contribution in [2.45, 2.75) is 38.2 Å². The Labute approximate surface area is 153 Å². The monoisotopic (exact) mass is 353 g/mol. The lowest BCUT2D eigenvalue weighted by atomic mass is 9.76. The van der Waals surface area contributed by atoms with Crippen molar-refractivity contribution < 1.29 is 14.5 Å². The van der Waals surface area contributed by atoms with Crippen molar-refractivity contribution in [1.82, 2.24) is 0 Å². The van der Waals surface area contributed by atoms with Crippen molar-refractivity contribution in [1.29, 1.82) is 0 Å². The number of carbonyl (C=O) groups is 1. The summed E-state index contributed by atoms with van der Waals surface area (Å²) in [5.41, 5.74) is 1.92. The number of hydrogen-bond acceptors (Lipinski definition) is 4. The second-order valence-electron chi connectivity index (χ2n) is 6.78. The fraction of sp³-hybridized carbons (Fsp3) is 0.381. The number of ketones is 1. The average molecular weight is 353 g/mol. The standard InChI is InChI=1S/C21H23NO4/c23-21-9-5-4-8-19(21)20(14-22(24)25)17-10-12-18(13-11-17)26-15-16-6-2-1-3-7-16/h1-3,6-7,10-13,19-20H,4-5,8-9,14-15H2/t19?,20-/m1/s1. The Hall–Kier alpha value is -2.69. The van der Waals surface area contributed by atoms with Crippen LogP contribution in [0.15, 0.2) is 54.6 Å². The first-order chi connectivity index (χ1) is 12.6. The Morgan fingerprint density at radius 1 is 1.08 bits per heavy atom. The number of nitro groups is 1. The van der Waals surface area contributed by atoms with Crippen LogP contribution in [0.1, 0.15) is 42.7 Å². The minimum atomic E-state index is -0.360. The van der Waals surface area contributed by atoms with E-state index in [0.717, 1.165) is 30.4 Å². The molecule has 2 atom stereocenters. The Morgan fingerprint density at radius 2 is 1.81 bits per heavy atom. The molecule has 5 heteroatoms. The molecule has 136 valence electrons. The first-order valence-corrected chi connectivity index (χ1v) is 9.04. The second-order valence-corrected chi connectivity index (χ2v) is 6.78. The molecule has 2 aromatic rings. The summed E-state index contributed by atoms with van der Waals surface area (Å²) in [6, 6.07) is 17.3. The van der Waals surface area contributed by atoms with E-state index in [9.17, 15) is 14.9 Å². The molecule has 2 aromatic carbocycles. The summed E-state index contributed by atoms with van der Waals surface area (Å²) in [7, 11) is 0. The van der Waals surface area contributed by atoms with Gasteiger partial charge in [0.05, 0.1) is 5.92 Å². The SMILES string of the molecule is O=C1CCCCC1[C@H](C[N+](=O)[O-])c1ccc(OCc2ccccc2)cc1. The zero-order valence-electron chi connectivity index (χ0n) is 14.7. The Balaban J connectivity index is 1.71. The molecular weight excluding hydrogens is 330 g/mol. The van der Waals surface area contributed by atoms with Gasteiger partial charge >= 0.3 is 0 Å². The Morgan fingerprint density at radius 3 is 2.46 bits per heavy atom. The van der Waals surface area contributed by atoms with Gasteiger partial charge in [-0.2, -0.15) is 0 Å². The van der Waals surface area contributed by atoms with Gasteiger partial charge in [-0.05, 0) is 36.1 Å². The summed E-state index contributed by atoms with van der Waals surface area (Å²) in [5, 5.41) is 11.1. The molecule has 1 aliphatic carbocycles. The van der Waals surface area contributed by atoms with Crippen LogP contribution in [0.2, 0.25) is 0 Å². The van der Waals surface area contributed by atoms with Crippen LogP contribution in [0.5, 0.6) is 5.75 Å². The van der Waals surface area contributed by atoms with E-state index in [1.807, 2.05) is 54.6 Å². The number of carbonyl (C=O) groups excluding carboxylic acids is 1. The Bertz CT molecular complexity index is 742. The highest BCUT2D eigenvalue weighted by Crippen LogP contribution is 2.34. The lowest BCUT2D eigenvalue weighted by molar-refractivity contribution is -0.484. The molecule has 0 aromatic heterocycles. The van der Waals surface area contributed by atoms with Gasteiger partial charge in [-0.3, -0.25) is 14.9 Å². The van der Waals surface area contributed by atoms with Gasteiger partial charge in [-0.1, -0.05) is 48.9 Å². The fourth-order valence-corrected chi connectivity index (χ4v) is 3.61. The molecule has 0 spiro atoms.